The van der Waals surface area contributed by atoms with Crippen molar-refractivity contribution in [2.45, 2.75) is 38.6 Å². The molecule has 1 aliphatic rings. The van der Waals surface area contributed by atoms with Crippen LogP contribution in [0, 0.1) is 6.92 Å². The zero-order valence-corrected chi connectivity index (χ0v) is 19.3. The highest BCUT2D eigenvalue weighted by molar-refractivity contribution is 7.88. The molecule has 0 radical (unpaired) electrons. The molecule has 1 saturated heterocycles. The van der Waals surface area contributed by atoms with Crippen molar-refractivity contribution in [2.75, 3.05) is 0 Å². The average Bonchev–Trinajstić information content (AvgIpc) is 3.30. The van der Waals surface area contributed by atoms with Gasteiger partial charge in [-0.25, -0.2) is 9.71 Å². The first kappa shape index (κ1) is 23.6. The van der Waals surface area contributed by atoms with Gasteiger partial charge in [0.25, 0.3) is 5.91 Å². The molecule has 3 aromatic rings. The van der Waals surface area contributed by atoms with E-state index in [0.717, 1.165) is 15.4 Å². The van der Waals surface area contributed by atoms with Crippen LogP contribution in [-0.2, 0) is 39.3 Å². The van der Waals surface area contributed by atoms with Gasteiger partial charge in [-0.1, -0.05) is 60.2 Å². The van der Waals surface area contributed by atoms with Crippen molar-refractivity contribution in [3.63, 3.8) is 0 Å². The van der Waals surface area contributed by atoms with Crippen LogP contribution in [0.1, 0.15) is 22.4 Å². The van der Waals surface area contributed by atoms with Crippen molar-refractivity contribution in [2.24, 2.45) is 0 Å². The average molecular weight is 484 g/mol. The molecule has 2 aromatic carbocycles. The Kier molecular flexibility index (Phi) is 6.77. The van der Waals surface area contributed by atoms with E-state index in [0.29, 0.717) is 17.8 Å². The van der Waals surface area contributed by atoms with Gasteiger partial charge in [-0.15, -0.1) is 0 Å². The van der Waals surface area contributed by atoms with Crippen LogP contribution in [0.2, 0.25) is 0 Å². The van der Waals surface area contributed by atoms with Crippen LogP contribution in [0.5, 0.6) is 0 Å². The number of hydrogen-bond donors (Lipinski definition) is 3. The Labute approximate surface area is 197 Å². The van der Waals surface area contributed by atoms with E-state index in [2.05, 4.69) is 10.3 Å². The van der Waals surface area contributed by atoms with E-state index < -0.39 is 34.3 Å². The lowest BCUT2D eigenvalue weighted by molar-refractivity contribution is -0.140. The lowest BCUT2D eigenvalue weighted by Gasteiger charge is -2.24. The quantitative estimate of drug-likeness (QED) is 0.414. The molecule has 0 spiro atoms. The number of carbonyl (C=O) groups is 2. The normalized spacial score (nSPS) is 18.5. The minimum atomic E-state index is -4.11. The molecule has 0 aliphatic carbocycles. The molecule has 0 unspecified atom stereocenters. The van der Waals surface area contributed by atoms with E-state index in [1.807, 2.05) is 58.7 Å². The first-order valence-corrected chi connectivity index (χ1v) is 12.1. The summed E-state index contributed by atoms with van der Waals surface area (Å²) in [5, 5.41) is 12.5. The summed E-state index contributed by atoms with van der Waals surface area (Å²) in [6.45, 7) is 2.36. The molecule has 1 aliphatic heterocycles. The lowest BCUT2D eigenvalue weighted by atomic mass is 10.1. The van der Waals surface area contributed by atoms with E-state index in [1.165, 1.54) is 0 Å². The predicted octanol–water partition coefficient (Wildman–Crippen LogP) is 1.03. The number of amides is 1. The highest BCUT2D eigenvalue weighted by Gasteiger charge is 2.45. The van der Waals surface area contributed by atoms with Gasteiger partial charge in [0, 0.05) is 25.7 Å². The fraction of sp³-hybridized carbons (Fsp3) is 0.261. The Morgan fingerprint density at radius 1 is 1.15 bits per heavy atom. The van der Waals surface area contributed by atoms with Gasteiger partial charge in [0.05, 0.1) is 12.0 Å². The Balaban J connectivity index is 1.49. The number of carboxylic acids is 1. The fourth-order valence-electron chi connectivity index (χ4n) is 3.85. The summed E-state index contributed by atoms with van der Waals surface area (Å²) in [4.78, 5) is 28.7. The summed E-state index contributed by atoms with van der Waals surface area (Å²) in [5.74, 6) is -2.04. The monoisotopic (exact) mass is 483 g/mol. The van der Waals surface area contributed by atoms with Crippen molar-refractivity contribution in [1.29, 1.82) is 0 Å². The lowest BCUT2D eigenvalue weighted by Crippen LogP contribution is -2.53. The maximum absolute atomic E-state index is 12.5. The van der Waals surface area contributed by atoms with Crippen LogP contribution in [0.3, 0.4) is 0 Å². The largest absolute Gasteiger partial charge is 0.480 e. The van der Waals surface area contributed by atoms with Gasteiger partial charge in [-0.05, 0) is 18.1 Å². The molecule has 1 aromatic heterocycles. The number of carboxylic acid groups (broad SMARTS) is 1. The van der Waals surface area contributed by atoms with Crippen molar-refractivity contribution >= 4 is 22.1 Å². The summed E-state index contributed by atoms with van der Waals surface area (Å²) in [6, 6.07) is 15.7. The number of imidazole rings is 1. The van der Waals surface area contributed by atoms with E-state index in [4.69, 9.17) is 0 Å². The van der Waals surface area contributed by atoms with Gasteiger partial charge in [0.1, 0.15) is 6.04 Å². The van der Waals surface area contributed by atoms with Gasteiger partial charge >= 0.3 is 16.2 Å². The van der Waals surface area contributed by atoms with Crippen LogP contribution >= 0.6 is 0 Å². The number of aryl methyl sites for hydroxylation is 1. The maximum Gasteiger partial charge on any atom is 0.321 e. The third-order valence-corrected chi connectivity index (χ3v) is 6.88. The molecule has 10 nitrogen and oxygen atoms in total. The smallest absolute Gasteiger partial charge is 0.321 e. The molecule has 2 heterocycles. The van der Waals surface area contributed by atoms with Crippen LogP contribution in [0.15, 0.2) is 67.1 Å². The minimum Gasteiger partial charge on any atom is -0.480 e. The fourth-order valence-corrected chi connectivity index (χ4v) is 5.08. The predicted molar refractivity (Wildman–Crippen MR) is 124 cm³/mol. The second kappa shape index (κ2) is 9.75. The van der Waals surface area contributed by atoms with Gasteiger partial charge in [0.15, 0.2) is 6.17 Å². The highest BCUT2D eigenvalue weighted by Crippen LogP contribution is 2.19. The number of aromatic nitrogens is 2. The number of hydrogen-bond acceptors (Lipinski definition) is 6. The molecular weight excluding hydrogens is 458 g/mol. The number of benzene rings is 2. The van der Waals surface area contributed by atoms with Crippen LogP contribution in [-0.4, -0.2) is 51.5 Å². The van der Waals surface area contributed by atoms with Crippen molar-refractivity contribution in [3.8, 4) is 0 Å². The summed E-state index contributed by atoms with van der Waals surface area (Å²) in [6.07, 6.45) is 1.95. The van der Waals surface area contributed by atoms with Crippen LogP contribution < -0.4 is 10.0 Å². The van der Waals surface area contributed by atoms with E-state index >= 15 is 0 Å². The zero-order chi connectivity index (χ0) is 24.3. The first-order chi connectivity index (χ1) is 16.2. The maximum atomic E-state index is 12.5. The number of rotatable bonds is 9. The molecule has 2 atom stereocenters. The molecule has 0 bridgehead atoms. The molecule has 34 heavy (non-hydrogen) atoms. The topological polar surface area (TPSA) is 134 Å². The van der Waals surface area contributed by atoms with E-state index in [1.54, 1.807) is 24.7 Å². The second-order valence-electron chi connectivity index (χ2n) is 8.19. The van der Waals surface area contributed by atoms with Crippen molar-refractivity contribution in [1.82, 2.24) is 23.9 Å². The van der Waals surface area contributed by atoms with Gasteiger partial charge in [0.2, 0.25) is 0 Å². The number of nitrogens with one attached hydrogen (secondary N) is 2. The van der Waals surface area contributed by atoms with Crippen molar-refractivity contribution in [3.05, 3.63) is 89.5 Å². The van der Waals surface area contributed by atoms with Crippen LogP contribution in [0.4, 0.5) is 0 Å². The summed E-state index contributed by atoms with van der Waals surface area (Å²) in [5.41, 5.74) is 3.19. The van der Waals surface area contributed by atoms with Gasteiger partial charge < -0.3 is 9.67 Å². The Morgan fingerprint density at radius 3 is 2.59 bits per heavy atom. The Hall–Kier alpha value is -3.54. The Bertz CT molecular complexity index is 1290. The molecular formula is C23H25N5O5S. The molecule has 11 heteroatoms. The number of carbonyl (C=O) groups excluding carboxylic acids is 1. The molecule has 3 N–H and O–H groups in total. The van der Waals surface area contributed by atoms with E-state index in [-0.39, 0.29) is 13.0 Å². The zero-order valence-electron chi connectivity index (χ0n) is 18.5. The number of nitrogens with zero attached hydrogens (tertiary/aromatic N) is 3. The van der Waals surface area contributed by atoms with Crippen LogP contribution in [0.25, 0.3) is 0 Å². The first-order valence-electron chi connectivity index (χ1n) is 10.6. The summed E-state index contributed by atoms with van der Waals surface area (Å²) < 4.78 is 29.8. The molecule has 178 valence electrons. The summed E-state index contributed by atoms with van der Waals surface area (Å²) >= 11 is 0. The highest BCUT2D eigenvalue weighted by atomic mass is 32.2. The van der Waals surface area contributed by atoms with Gasteiger partial charge in [-0.3, -0.25) is 14.9 Å². The van der Waals surface area contributed by atoms with E-state index in [9.17, 15) is 23.1 Å². The Morgan fingerprint density at radius 2 is 1.88 bits per heavy atom. The molecule has 1 fully saturated rings. The molecule has 0 saturated carbocycles. The third kappa shape index (κ3) is 5.50. The molecule has 1 amide bonds. The standard InChI is InChI=1S/C23H25N5O5S/c1-16-6-5-9-18(10-16)13-28-21(22(29)26-34(28,32)33)25-20(23(30)31)11-19-14-27(15-24-19)12-17-7-3-2-4-8-17/h2-10,14-15,20-21,25H,11-13H2,1H3,(H,26,29)(H,30,31)/t20-,21+/m0/s1. The summed E-state index contributed by atoms with van der Waals surface area (Å²) in [7, 11) is -4.11. The molecule has 4 rings (SSSR count). The van der Waals surface area contributed by atoms with Crippen molar-refractivity contribution < 1.29 is 23.1 Å². The SMILES string of the molecule is Cc1cccc(CN2[C@@H](N[C@@H](Cc3cn(Cc4ccccc4)cn3)C(=O)O)C(=O)NS2(=O)=O)c1. The minimum absolute atomic E-state index is 0.0285. The second-order valence-corrected chi connectivity index (χ2v) is 9.82. The third-order valence-electron chi connectivity index (χ3n) is 5.46. The number of aliphatic carboxylic acids is 1. The van der Waals surface area contributed by atoms with Gasteiger partial charge in [-0.2, -0.15) is 12.7 Å².